The fraction of sp³-hybridized carbons (Fsp3) is 0.222. The first-order chi connectivity index (χ1) is 12.5. The number of nitrogens with zero attached hydrogens (tertiary/aromatic N) is 5. The van der Waals surface area contributed by atoms with Gasteiger partial charge in [0, 0.05) is 13.1 Å². The Morgan fingerprint density at radius 3 is 2.77 bits per heavy atom. The van der Waals surface area contributed by atoms with Gasteiger partial charge in [-0.1, -0.05) is 12.1 Å². The molecule has 0 fully saturated rings. The Balaban J connectivity index is 1.75. The fourth-order valence-corrected chi connectivity index (χ4v) is 3.00. The number of anilines is 2. The van der Waals surface area contributed by atoms with Crippen molar-refractivity contribution in [1.29, 1.82) is 0 Å². The van der Waals surface area contributed by atoms with Gasteiger partial charge in [-0.15, -0.1) is 10.2 Å². The topological polar surface area (TPSA) is 93.4 Å². The summed E-state index contributed by atoms with van der Waals surface area (Å²) < 4.78 is 3.67. The van der Waals surface area contributed by atoms with Crippen LogP contribution in [0.15, 0.2) is 47.5 Å². The Labute approximate surface area is 149 Å². The van der Waals surface area contributed by atoms with Gasteiger partial charge in [0.05, 0.1) is 16.6 Å². The zero-order chi connectivity index (χ0) is 18.3. The number of rotatable bonds is 4. The third kappa shape index (κ3) is 2.65. The van der Waals surface area contributed by atoms with E-state index in [1.807, 2.05) is 48.0 Å². The van der Waals surface area contributed by atoms with Crippen LogP contribution in [-0.4, -0.2) is 29.5 Å². The SMILES string of the molecule is CC(C)n1cnnc1-c1cccc(Nc2cccc3c2c(=O)[nH]n3C)n1. The fourth-order valence-electron chi connectivity index (χ4n) is 3.00. The molecule has 0 aliphatic rings. The molecule has 0 aliphatic heterocycles. The first-order valence-electron chi connectivity index (χ1n) is 8.36. The summed E-state index contributed by atoms with van der Waals surface area (Å²) in [5.74, 6) is 1.34. The summed E-state index contributed by atoms with van der Waals surface area (Å²) in [6.45, 7) is 4.13. The van der Waals surface area contributed by atoms with Crippen molar-refractivity contribution in [2.24, 2.45) is 7.05 Å². The lowest BCUT2D eigenvalue weighted by Crippen LogP contribution is -2.05. The molecular formula is C18H19N7O. The van der Waals surface area contributed by atoms with E-state index in [0.717, 1.165) is 11.2 Å². The molecule has 0 bridgehead atoms. The van der Waals surface area contributed by atoms with Gasteiger partial charge in [0.15, 0.2) is 5.82 Å². The standard InChI is InChI=1S/C18H19N7O/c1-11(2)25-10-19-22-17(25)13-7-5-9-15(21-13)20-12-6-4-8-14-16(12)18(26)23-24(14)3/h4-11H,1-3H3,(H,20,21)(H,23,26). The molecule has 3 heterocycles. The minimum atomic E-state index is -0.138. The van der Waals surface area contributed by atoms with Gasteiger partial charge in [-0.3, -0.25) is 14.6 Å². The first-order valence-corrected chi connectivity index (χ1v) is 8.36. The Morgan fingerprint density at radius 1 is 1.15 bits per heavy atom. The maximum Gasteiger partial charge on any atom is 0.274 e. The zero-order valence-electron chi connectivity index (χ0n) is 14.8. The van der Waals surface area contributed by atoms with E-state index in [4.69, 9.17) is 0 Å². The van der Waals surface area contributed by atoms with Crippen molar-refractivity contribution in [3.8, 4) is 11.5 Å². The van der Waals surface area contributed by atoms with Gasteiger partial charge < -0.3 is 9.88 Å². The third-order valence-corrected chi connectivity index (χ3v) is 4.27. The van der Waals surface area contributed by atoms with Crippen molar-refractivity contribution in [3.63, 3.8) is 0 Å². The van der Waals surface area contributed by atoms with Gasteiger partial charge in [-0.25, -0.2) is 4.98 Å². The highest BCUT2D eigenvalue weighted by Crippen LogP contribution is 2.25. The summed E-state index contributed by atoms with van der Waals surface area (Å²) in [6, 6.07) is 11.5. The van der Waals surface area contributed by atoms with Crippen LogP contribution in [0.5, 0.6) is 0 Å². The van der Waals surface area contributed by atoms with Crippen molar-refractivity contribution in [2.75, 3.05) is 5.32 Å². The van der Waals surface area contributed by atoms with Crippen LogP contribution in [0.1, 0.15) is 19.9 Å². The third-order valence-electron chi connectivity index (χ3n) is 4.27. The number of hydrogen-bond acceptors (Lipinski definition) is 5. The van der Waals surface area contributed by atoms with Gasteiger partial charge in [-0.2, -0.15) is 0 Å². The number of hydrogen-bond donors (Lipinski definition) is 2. The number of aryl methyl sites for hydroxylation is 1. The molecule has 0 saturated carbocycles. The van der Waals surface area contributed by atoms with E-state index in [2.05, 4.69) is 39.4 Å². The number of aromatic amines is 1. The number of fused-ring (bicyclic) bond motifs is 1. The second-order valence-electron chi connectivity index (χ2n) is 6.39. The van der Waals surface area contributed by atoms with Crippen LogP contribution in [-0.2, 0) is 7.05 Å². The summed E-state index contributed by atoms with van der Waals surface area (Å²) in [4.78, 5) is 16.9. The maximum atomic E-state index is 12.2. The number of benzene rings is 1. The van der Waals surface area contributed by atoms with Gasteiger partial charge in [0.25, 0.3) is 5.56 Å². The normalized spacial score (nSPS) is 11.4. The van der Waals surface area contributed by atoms with Crippen LogP contribution in [0.3, 0.4) is 0 Å². The van der Waals surface area contributed by atoms with Crippen molar-refractivity contribution in [1.82, 2.24) is 29.5 Å². The molecule has 4 rings (SSSR count). The van der Waals surface area contributed by atoms with Crippen LogP contribution in [0.2, 0.25) is 0 Å². The lowest BCUT2D eigenvalue weighted by molar-refractivity contribution is 0.603. The van der Waals surface area contributed by atoms with Gasteiger partial charge in [0.1, 0.15) is 17.8 Å². The van der Waals surface area contributed by atoms with E-state index in [-0.39, 0.29) is 11.6 Å². The quantitative estimate of drug-likeness (QED) is 0.591. The van der Waals surface area contributed by atoms with Crippen molar-refractivity contribution in [3.05, 3.63) is 53.1 Å². The molecule has 3 aromatic heterocycles. The van der Waals surface area contributed by atoms with E-state index >= 15 is 0 Å². The van der Waals surface area contributed by atoms with Crippen molar-refractivity contribution >= 4 is 22.4 Å². The van der Waals surface area contributed by atoms with Crippen molar-refractivity contribution < 1.29 is 0 Å². The van der Waals surface area contributed by atoms with Crippen LogP contribution < -0.4 is 10.9 Å². The minimum absolute atomic E-state index is 0.138. The zero-order valence-corrected chi connectivity index (χ0v) is 14.8. The Morgan fingerprint density at radius 2 is 1.96 bits per heavy atom. The number of nitrogens with one attached hydrogen (secondary N) is 2. The Bertz CT molecular complexity index is 1140. The first kappa shape index (κ1) is 16.1. The molecule has 0 atom stereocenters. The van der Waals surface area contributed by atoms with Gasteiger partial charge >= 0.3 is 0 Å². The van der Waals surface area contributed by atoms with Crippen molar-refractivity contribution in [2.45, 2.75) is 19.9 Å². The molecular weight excluding hydrogens is 330 g/mol. The maximum absolute atomic E-state index is 12.2. The Kier molecular flexibility index (Phi) is 3.80. The highest BCUT2D eigenvalue weighted by molar-refractivity contribution is 5.92. The lowest BCUT2D eigenvalue weighted by atomic mass is 10.2. The molecule has 0 aliphatic carbocycles. The monoisotopic (exact) mass is 349 g/mol. The van der Waals surface area contributed by atoms with E-state index in [1.165, 1.54) is 0 Å². The summed E-state index contributed by atoms with van der Waals surface area (Å²) in [5.41, 5.74) is 2.12. The average molecular weight is 349 g/mol. The smallest absolute Gasteiger partial charge is 0.274 e. The molecule has 1 aromatic carbocycles. The van der Waals surface area contributed by atoms with E-state index in [9.17, 15) is 4.79 Å². The van der Waals surface area contributed by atoms with Gasteiger partial charge in [-0.05, 0) is 38.1 Å². The highest BCUT2D eigenvalue weighted by atomic mass is 16.1. The van der Waals surface area contributed by atoms with Crippen LogP contribution in [0.25, 0.3) is 22.4 Å². The van der Waals surface area contributed by atoms with Crippen LogP contribution in [0.4, 0.5) is 11.5 Å². The molecule has 8 nitrogen and oxygen atoms in total. The second-order valence-corrected chi connectivity index (χ2v) is 6.39. The predicted molar refractivity (Wildman–Crippen MR) is 100 cm³/mol. The molecule has 0 unspecified atom stereocenters. The molecule has 4 aromatic rings. The largest absolute Gasteiger partial charge is 0.339 e. The molecule has 0 amide bonds. The lowest BCUT2D eigenvalue weighted by Gasteiger charge is -2.11. The summed E-state index contributed by atoms with van der Waals surface area (Å²) in [7, 11) is 1.81. The second kappa shape index (κ2) is 6.14. The molecule has 2 N–H and O–H groups in total. The van der Waals surface area contributed by atoms with E-state index in [0.29, 0.717) is 22.7 Å². The molecule has 0 spiro atoms. The molecule has 26 heavy (non-hydrogen) atoms. The number of H-pyrrole nitrogens is 1. The van der Waals surface area contributed by atoms with Gasteiger partial charge in [0.2, 0.25) is 0 Å². The van der Waals surface area contributed by atoms with E-state index in [1.54, 1.807) is 11.0 Å². The molecule has 0 radical (unpaired) electrons. The average Bonchev–Trinajstić information content (AvgIpc) is 3.21. The van der Waals surface area contributed by atoms with E-state index < -0.39 is 0 Å². The minimum Gasteiger partial charge on any atom is -0.339 e. The summed E-state index contributed by atoms with van der Waals surface area (Å²) in [5, 5.41) is 14.8. The number of pyridine rings is 1. The molecule has 8 heteroatoms. The van der Waals surface area contributed by atoms with Crippen LogP contribution in [0, 0.1) is 0 Å². The predicted octanol–water partition coefficient (Wildman–Crippen LogP) is 2.84. The molecule has 132 valence electrons. The summed E-state index contributed by atoms with van der Waals surface area (Å²) in [6.07, 6.45) is 1.70. The number of aromatic nitrogens is 6. The summed E-state index contributed by atoms with van der Waals surface area (Å²) >= 11 is 0. The van der Waals surface area contributed by atoms with Crippen LogP contribution >= 0.6 is 0 Å². The molecule has 0 saturated heterocycles. The Hall–Kier alpha value is -3.42. The highest BCUT2D eigenvalue weighted by Gasteiger charge is 2.13.